The first kappa shape index (κ1) is 12.9. The highest BCUT2D eigenvalue weighted by Gasteiger charge is 2.12. The topological polar surface area (TPSA) is 36.1 Å². The van der Waals surface area contributed by atoms with E-state index in [9.17, 15) is 9.18 Å². The maximum Gasteiger partial charge on any atom is 0.222 e. The summed E-state index contributed by atoms with van der Waals surface area (Å²) in [6.07, 6.45) is 2.81. The standard InChI is InChI=1S/C13H14ClFN2O/c1-17(2)11(18)6-3-8-7-16-13-9(8)4-5-10(15)12(13)14/h4-5,7,16H,3,6H2,1-2H3. The molecule has 0 radical (unpaired) electrons. The van der Waals surface area contributed by atoms with E-state index in [1.54, 1.807) is 31.3 Å². The third kappa shape index (κ3) is 2.34. The Hall–Kier alpha value is -1.55. The summed E-state index contributed by atoms with van der Waals surface area (Å²) in [6, 6.07) is 3.03. The van der Waals surface area contributed by atoms with Gasteiger partial charge in [0.25, 0.3) is 0 Å². The minimum atomic E-state index is -0.443. The van der Waals surface area contributed by atoms with E-state index in [1.807, 2.05) is 0 Å². The molecule has 0 spiro atoms. The molecule has 96 valence electrons. The molecule has 0 unspecified atom stereocenters. The Kier molecular flexibility index (Phi) is 3.57. The molecule has 18 heavy (non-hydrogen) atoms. The Labute approximate surface area is 110 Å². The molecule has 0 bridgehead atoms. The van der Waals surface area contributed by atoms with Crippen LogP contribution in [0, 0.1) is 5.82 Å². The molecule has 1 N–H and O–H groups in total. The van der Waals surface area contributed by atoms with E-state index in [4.69, 9.17) is 11.6 Å². The van der Waals surface area contributed by atoms with Gasteiger partial charge in [-0.25, -0.2) is 4.39 Å². The van der Waals surface area contributed by atoms with Crippen LogP contribution < -0.4 is 0 Å². The number of fused-ring (bicyclic) bond motifs is 1. The molecule has 1 heterocycles. The molecule has 1 amide bonds. The smallest absolute Gasteiger partial charge is 0.222 e. The van der Waals surface area contributed by atoms with Gasteiger partial charge in [0.2, 0.25) is 5.91 Å². The molecular formula is C13H14ClFN2O. The summed E-state index contributed by atoms with van der Waals surface area (Å²) < 4.78 is 13.3. The second-order valence-electron chi connectivity index (χ2n) is 4.39. The van der Waals surface area contributed by atoms with Crippen LogP contribution in [0.15, 0.2) is 18.3 Å². The van der Waals surface area contributed by atoms with Gasteiger partial charge < -0.3 is 9.88 Å². The molecule has 0 aliphatic carbocycles. The second kappa shape index (κ2) is 4.98. The number of hydrogen-bond acceptors (Lipinski definition) is 1. The first-order valence-electron chi connectivity index (χ1n) is 5.65. The van der Waals surface area contributed by atoms with Crippen molar-refractivity contribution in [2.45, 2.75) is 12.8 Å². The first-order valence-corrected chi connectivity index (χ1v) is 6.02. The maximum absolute atomic E-state index is 13.3. The Bertz CT molecular complexity index is 592. The van der Waals surface area contributed by atoms with Crippen LogP contribution in [0.4, 0.5) is 4.39 Å². The largest absolute Gasteiger partial charge is 0.360 e. The number of H-pyrrole nitrogens is 1. The number of halogens is 2. The Morgan fingerprint density at radius 3 is 2.83 bits per heavy atom. The number of amides is 1. The minimum Gasteiger partial charge on any atom is -0.360 e. The van der Waals surface area contributed by atoms with Crippen LogP contribution in [-0.2, 0) is 11.2 Å². The fourth-order valence-corrected chi connectivity index (χ4v) is 2.09. The average Bonchev–Trinajstić information content (AvgIpc) is 2.74. The quantitative estimate of drug-likeness (QED) is 0.913. The molecule has 1 aromatic heterocycles. The number of carbonyl (C=O) groups is 1. The number of aromatic nitrogens is 1. The van der Waals surface area contributed by atoms with Gasteiger partial charge in [-0.3, -0.25) is 4.79 Å². The fourth-order valence-electron chi connectivity index (χ4n) is 1.87. The number of hydrogen-bond donors (Lipinski definition) is 1. The van der Waals surface area contributed by atoms with Crippen molar-refractivity contribution < 1.29 is 9.18 Å². The first-order chi connectivity index (χ1) is 8.50. The van der Waals surface area contributed by atoms with E-state index in [2.05, 4.69) is 4.98 Å². The number of aryl methyl sites for hydroxylation is 1. The summed E-state index contributed by atoms with van der Waals surface area (Å²) in [5.41, 5.74) is 1.56. The second-order valence-corrected chi connectivity index (χ2v) is 4.76. The van der Waals surface area contributed by atoms with E-state index in [1.165, 1.54) is 6.07 Å². The zero-order chi connectivity index (χ0) is 13.3. The van der Waals surface area contributed by atoms with Crippen LogP contribution in [0.1, 0.15) is 12.0 Å². The zero-order valence-electron chi connectivity index (χ0n) is 10.3. The summed E-state index contributed by atoms with van der Waals surface area (Å²) in [7, 11) is 3.45. The SMILES string of the molecule is CN(C)C(=O)CCc1c[nH]c2c(Cl)c(F)ccc12. The fraction of sp³-hybridized carbons (Fsp3) is 0.308. The van der Waals surface area contributed by atoms with Gasteiger partial charge in [0, 0.05) is 32.1 Å². The van der Waals surface area contributed by atoms with Gasteiger partial charge >= 0.3 is 0 Å². The van der Waals surface area contributed by atoms with Gasteiger partial charge in [0.1, 0.15) is 10.8 Å². The lowest BCUT2D eigenvalue weighted by Crippen LogP contribution is -2.21. The van der Waals surface area contributed by atoms with E-state index in [0.29, 0.717) is 18.4 Å². The normalized spacial score (nSPS) is 10.9. The number of rotatable bonds is 3. The number of aromatic amines is 1. The lowest BCUT2D eigenvalue weighted by atomic mass is 10.1. The number of nitrogens with zero attached hydrogens (tertiary/aromatic N) is 1. The Morgan fingerprint density at radius 2 is 2.17 bits per heavy atom. The molecule has 0 atom stereocenters. The van der Waals surface area contributed by atoms with Crippen molar-refractivity contribution in [3.63, 3.8) is 0 Å². The van der Waals surface area contributed by atoms with Gasteiger partial charge in [-0.2, -0.15) is 0 Å². The van der Waals surface area contributed by atoms with E-state index >= 15 is 0 Å². The minimum absolute atomic E-state index is 0.0672. The van der Waals surface area contributed by atoms with E-state index in [0.717, 1.165) is 10.9 Å². The summed E-state index contributed by atoms with van der Waals surface area (Å²) in [5.74, 6) is -0.375. The van der Waals surface area contributed by atoms with E-state index < -0.39 is 5.82 Å². The van der Waals surface area contributed by atoms with Crippen molar-refractivity contribution in [3.05, 3.63) is 34.7 Å². The molecule has 1 aromatic carbocycles. The van der Waals surface area contributed by atoms with Crippen molar-refractivity contribution in [2.24, 2.45) is 0 Å². The molecule has 0 saturated heterocycles. The maximum atomic E-state index is 13.3. The summed E-state index contributed by atoms with van der Waals surface area (Å²) in [4.78, 5) is 16.0. The molecule has 2 aromatic rings. The predicted octanol–water partition coefficient (Wildman–Crippen LogP) is 2.98. The van der Waals surface area contributed by atoms with Crippen molar-refractivity contribution in [1.82, 2.24) is 9.88 Å². The van der Waals surface area contributed by atoms with Crippen molar-refractivity contribution >= 4 is 28.4 Å². The van der Waals surface area contributed by atoms with Crippen LogP contribution in [0.5, 0.6) is 0 Å². The van der Waals surface area contributed by atoms with E-state index in [-0.39, 0.29) is 10.9 Å². The number of benzene rings is 1. The van der Waals surface area contributed by atoms with Crippen LogP contribution in [-0.4, -0.2) is 29.9 Å². The third-order valence-electron chi connectivity index (χ3n) is 2.94. The Morgan fingerprint density at radius 1 is 1.44 bits per heavy atom. The van der Waals surface area contributed by atoms with Gasteiger partial charge in [0.15, 0.2) is 0 Å². The van der Waals surface area contributed by atoms with Gasteiger partial charge in [-0.15, -0.1) is 0 Å². The highest BCUT2D eigenvalue weighted by molar-refractivity contribution is 6.35. The average molecular weight is 269 g/mol. The molecule has 0 aliphatic rings. The Balaban J connectivity index is 2.25. The van der Waals surface area contributed by atoms with Crippen LogP contribution in [0.25, 0.3) is 10.9 Å². The van der Waals surface area contributed by atoms with Crippen LogP contribution >= 0.6 is 11.6 Å². The van der Waals surface area contributed by atoms with Crippen molar-refractivity contribution in [3.8, 4) is 0 Å². The highest BCUT2D eigenvalue weighted by atomic mass is 35.5. The molecule has 3 nitrogen and oxygen atoms in total. The number of carbonyl (C=O) groups excluding carboxylic acids is 1. The highest BCUT2D eigenvalue weighted by Crippen LogP contribution is 2.28. The summed E-state index contributed by atoms with van der Waals surface area (Å²) in [5, 5.41) is 0.964. The molecule has 0 saturated carbocycles. The van der Waals surface area contributed by atoms with Gasteiger partial charge in [0.05, 0.1) is 5.52 Å². The molecular weight excluding hydrogens is 255 g/mol. The van der Waals surface area contributed by atoms with Crippen LogP contribution in [0.2, 0.25) is 5.02 Å². The zero-order valence-corrected chi connectivity index (χ0v) is 11.0. The monoisotopic (exact) mass is 268 g/mol. The van der Waals surface area contributed by atoms with Gasteiger partial charge in [-0.05, 0) is 24.1 Å². The van der Waals surface area contributed by atoms with Crippen molar-refractivity contribution in [2.75, 3.05) is 14.1 Å². The van der Waals surface area contributed by atoms with Crippen LogP contribution in [0.3, 0.4) is 0 Å². The molecule has 2 rings (SSSR count). The lowest BCUT2D eigenvalue weighted by Gasteiger charge is -2.09. The van der Waals surface area contributed by atoms with Gasteiger partial charge in [-0.1, -0.05) is 11.6 Å². The predicted molar refractivity (Wildman–Crippen MR) is 70.3 cm³/mol. The molecule has 0 fully saturated rings. The molecule has 5 heteroatoms. The summed E-state index contributed by atoms with van der Waals surface area (Å²) >= 11 is 5.87. The summed E-state index contributed by atoms with van der Waals surface area (Å²) in [6.45, 7) is 0. The molecule has 0 aliphatic heterocycles. The van der Waals surface area contributed by atoms with Crippen molar-refractivity contribution in [1.29, 1.82) is 0 Å². The third-order valence-corrected chi connectivity index (χ3v) is 3.31. The number of nitrogens with one attached hydrogen (secondary N) is 1. The lowest BCUT2D eigenvalue weighted by molar-refractivity contribution is -0.128.